The Bertz CT molecular complexity index is 1780. The minimum Gasteiger partial charge on any atom is -0.481 e. The monoisotopic (exact) mass is 719 g/mol. The maximum absolute atomic E-state index is 14.1. The van der Waals surface area contributed by atoms with E-state index < -0.39 is 77.1 Å². The average molecular weight is 720 g/mol. The molecule has 4 rings (SSSR count). The van der Waals surface area contributed by atoms with Crippen molar-refractivity contribution in [3.63, 3.8) is 0 Å². The number of hydrogen-bond acceptors (Lipinski definition) is 4. The van der Waals surface area contributed by atoms with E-state index in [4.69, 9.17) is 5.11 Å². The molecule has 0 spiro atoms. The van der Waals surface area contributed by atoms with E-state index in [1.54, 1.807) is 0 Å². The molecule has 0 radical (unpaired) electrons. The van der Waals surface area contributed by atoms with Gasteiger partial charge >= 0.3 is 24.9 Å². The van der Waals surface area contributed by atoms with Crippen molar-refractivity contribution < 1.29 is 68.1 Å². The van der Waals surface area contributed by atoms with Crippen molar-refractivity contribution in [2.75, 3.05) is 0 Å². The van der Waals surface area contributed by atoms with Crippen LogP contribution >= 0.6 is 0 Å². The van der Waals surface area contributed by atoms with Gasteiger partial charge in [-0.25, -0.2) is 4.39 Å². The number of carboxylic acid groups (broad SMARTS) is 1. The highest BCUT2D eigenvalue weighted by molar-refractivity contribution is 5.95. The quantitative estimate of drug-likeness (QED) is 0.193. The Kier molecular flexibility index (Phi) is 10.9. The van der Waals surface area contributed by atoms with Gasteiger partial charge in [-0.1, -0.05) is 49.4 Å². The second kappa shape index (κ2) is 14.5. The first kappa shape index (κ1) is 37.8. The molecule has 2 N–H and O–H groups in total. The molecule has 16 heteroatoms. The molecule has 0 bridgehead atoms. The molecule has 2 unspecified atom stereocenters. The van der Waals surface area contributed by atoms with Crippen molar-refractivity contribution in [3.8, 4) is 5.75 Å². The van der Waals surface area contributed by atoms with Crippen LogP contribution in [0.3, 0.4) is 0 Å². The van der Waals surface area contributed by atoms with E-state index in [1.807, 2.05) is 0 Å². The minimum absolute atomic E-state index is 0.115. The van der Waals surface area contributed by atoms with Crippen LogP contribution in [0.4, 0.5) is 43.9 Å². The molecule has 0 fully saturated rings. The molecule has 3 aromatic rings. The minimum atomic E-state index is -5.22. The molecule has 0 heterocycles. The van der Waals surface area contributed by atoms with Gasteiger partial charge in [0, 0.05) is 24.3 Å². The van der Waals surface area contributed by atoms with Gasteiger partial charge in [0.2, 0.25) is 0 Å². The summed E-state index contributed by atoms with van der Waals surface area (Å²) in [5.74, 6) is -6.34. The van der Waals surface area contributed by atoms with Gasteiger partial charge in [-0.2, -0.15) is 13.2 Å². The number of aryl methyl sites for hydroxylation is 1. The predicted molar refractivity (Wildman–Crippen MR) is 157 cm³/mol. The fraction of sp³-hybridized carbons (Fsp3) is 0.294. The topological polar surface area (TPSA) is 84.9 Å². The van der Waals surface area contributed by atoms with Crippen LogP contribution in [0.1, 0.15) is 52.4 Å². The molecule has 0 aliphatic heterocycles. The second-order valence-corrected chi connectivity index (χ2v) is 11.4. The van der Waals surface area contributed by atoms with Gasteiger partial charge < -0.3 is 19.9 Å². The van der Waals surface area contributed by atoms with Crippen molar-refractivity contribution in [2.24, 2.45) is 5.92 Å². The number of allylic oxidation sites excluding steroid dienone is 2. The Labute approximate surface area is 278 Å². The highest BCUT2D eigenvalue weighted by atomic mass is 19.4. The number of rotatable bonds is 11. The van der Waals surface area contributed by atoms with Crippen LogP contribution in [0.25, 0.3) is 0 Å². The lowest BCUT2D eigenvalue weighted by atomic mass is 9.74. The molecule has 0 aromatic heterocycles. The van der Waals surface area contributed by atoms with Gasteiger partial charge in [0.15, 0.2) is 0 Å². The molecule has 50 heavy (non-hydrogen) atoms. The standard InChI is InChI=1S/C34H27F10NO5/c1-19-5-12-24(17-28(19)50-34(42,43)44)31(23-3-2-4-25(16-23)49-33(39,40)41,18-21-8-6-20(7-9-21)10-14-29(46)47)45-30(48)22-11-13-27(35)26(15-22)32(36,37)38/h2-4,6-9,11-13,15-17,19H,5,10,14,18H2,1H3,(H,45,48)(H,46,47). The van der Waals surface area contributed by atoms with Gasteiger partial charge in [-0.05, 0) is 71.5 Å². The number of ether oxygens (including phenoxy) is 2. The molecule has 0 saturated carbocycles. The summed E-state index contributed by atoms with van der Waals surface area (Å²) in [6.45, 7) is 1.40. The summed E-state index contributed by atoms with van der Waals surface area (Å²) in [4.78, 5) is 24.8. The Hall–Kier alpha value is -5.02. The lowest BCUT2D eigenvalue weighted by molar-refractivity contribution is -0.308. The smallest absolute Gasteiger partial charge is 0.481 e. The average Bonchev–Trinajstić information content (AvgIpc) is 2.99. The highest BCUT2D eigenvalue weighted by Crippen LogP contribution is 2.42. The lowest BCUT2D eigenvalue weighted by Gasteiger charge is -2.39. The third kappa shape index (κ3) is 9.79. The molecule has 3 aromatic carbocycles. The van der Waals surface area contributed by atoms with E-state index in [-0.39, 0.29) is 36.5 Å². The summed E-state index contributed by atoms with van der Waals surface area (Å²) < 4.78 is 143. The van der Waals surface area contributed by atoms with Crippen LogP contribution in [0, 0.1) is 11.7 Å². The van der Waals surface area contributed by atoms with E-state index >= 15 is 0 Å². The number of carbonyl (C=O) groups excluding carboxylic acids is 1. The summed E-state index contributed by atoms with van der Waals surface area (Å²) in [7, 11) is 0. The number of alkyl halides is 9. The van der Waals surface area contributed by atoms with Gasteiger partial charge in [0.05, 0.1) is 11.1 Å². The lowest BCUT2D eigenvalue weighted by Crippen LogP contribution is -2.49. The first-order chi connectivity index (χ1) is 23.1. The van der Waals surface area contributed by atoms with Crippen LogP contribution in [-0.4, -0.2) is 29.7 Å². The Balaban J connectivity index is 1.96. The predicted octanol–water partition coefficient (Wildman–Crippen LogP) is 9.01. The van der Waals surface area contributed by atoms with E-state index in [0.717, 1.165) is 30.3 Å². The molecule has 0 saturated heterocycles. The maximum Gasteiger partial charge on any atom is 0.573 e. The Morgan fingerprint density at radius 2 is 1.50 bits per heavy atom. The van der Waals surface area contributed by atoms with Gasteiger partial charge in [-0.3, -0.25) is 9.59 Å². The fourth-order valence-electron chi connectivity index (χ4n) is 5.38. The molecule has 1 aliphatic rings. The van der Waals surface area contributed by atoms with Crippen molar-refractivity contribution in [1.82, 2.24) is 5.32 Å². The second-order valence-electron chi connectivity index (χ2n) is 11.4. The number of benzene rings is 3. The van der Waals surface area contributed by atoms with E-state index in [9.17, 15) is 53.5 Å². The largest absolute Gasteiger partial charge is 0.573 e. The van der Waals surface area contributed by atoms with Crippen LogP contribution in [-0.2, 0) is 34.1 Å². The molecule has 1 aliphatic carbocycles. The van der Waals surface area contributed by atoms with E-state index in [1.165, 1.54) is 43.3 Å². The number of aliphatic carboxylic acids is 1. The summed E-state index contributed by atoms with van der Waals surface area (Å²) in [6, 6.07) is 11.5. The molecule has 268 valence electrons. The first-order valence-corrected chi connectivity index (χ1v) is 14.7. The number of amides is 1. The summed E-state index contributed by atoms with van der Waals surface area (Å²) in [5, 5.41) is 11.5. The van der Waals surface area contributed by atoms with E-state index in [0.29, 0.717) is 17.2 Å². The Morgan fingerprint density at radius 3 is 2.10 bits per heavy atom. The number of nitrogens with one attached hydrogen (secondary N) is 1. The number of carbonyl (C=O) groups is 2. The molecule has 2 atom stereocenters. The highest BCUT2D eigenvalue weighted by Gasteiger charge is 2.43. The summed E-state index contributed by atoms with van der Waals surface area (Å²) in [6.07, 6.45) is -13.9. The fourth-order valence-corrected chi connectivity index (χ4v) is 5.38. The molecular weight excluding hydrogens is 692 g/mol. The number of carboxylic acids is 1. The molecular formula is C34H27F10NO5. The molecule has 1 amide bonds. The zero-order valence-electron chi connectivity index (χ0n) is 25.8. The maximum atomic E-state index is 14.1. The third-order valence-corrected chi connectivity index (χ3v) is 7.74. The summed E-state index contributed by atoms with van der Waals surface area (Å²) >= 11 is 0. The van der Waals surface area contributed by atoms with Crippen molar-refractivity contribution in [1.29, 1.82) is 0 Å². The van der Waals surface area contributed by atoms with Crippen LogP contribution in [0.15, 0.2) is 90.2 Å². The zero-order valence-corrected chi connectivity index (χ0v) is 25.8. The van der Waals surface area contributed by atoms with Crippen molar-refractivity contribution in [2.45, 2.75) is 57.0 Å². The number of halogens is 10. The van der Waals surface area contributed by atoms with Crippen LogP contribution < -0.4 is 10.1 Å². The van der Waals surface area contributed by atoms with Crippen molar-refractivity contribution in [3.05, 3.63) is 124 Å². The zero-order chi connectivity index (χ0) is 37.1. The van der Waals surface area contributed by atoms with Gasteiger partial charge in [-0.15, -0.1) is 26.3 Å². The van der Waals surface area contributed by atoms with Gasteiger partial charge in [0.25, 0.3) is 5.91 Å². The SMILES string of the molecule is CC1CC=C(C(Cc2ccc(CCC(=O)O)cc2)(NC(=O)c2ccc(F)c(C(F)(F)F)c2)c2cccc(OC(F)(F)F)c2)C=C1OC(F)(F)F. The Morgan fingerprint density at radius 1 is 0.860 bits per heavy atom. The molecule has 6 nitrogen and oxygen atoms in total. The number of hydrogen-bond donors (Lipinski definition) is 2. The first-order valence-electron chi connectivity index (χ1n) is 14.7. The van der Waals surface area contributed by atoms with Crippen LogP contribution in [0.2, 0.25) is 0 Å². The normalized spacial score (nSPS) is 16.5. The summed E-state index contributed by atoms with van der Waals surface area (Å²) in [5.41, 5.74) is -4.10. The third-order valence-electron chi connectivity index (χ3n) is 7.74. The van der Waals surface area contributed by atoms with E-state index in [2.05, 4.69) is 14.8 Å². The van der Waals surface area contributed by atoms with Gasteiger partial charge in [0.1, 0.15) is 17.3 Å². The van der Waals surface area contributed by atoms with Crippen LogP contribution in [0.5, 0.6) is 5.75 Å². The van der Waals surface area contributed by atoms with Crippen molar-refractivity contribution >= 4 is 11.9 Å².